The van der Waals surface area contributed by atoms with E-state index in [1.165, 1.54) is 29.3 Å². The fourth-order valence-corrected chi connectivity index (χ4v) is 4.11. The number of hydrogen-bond acceptors (Lipinski definition) is 5. The number of hydrazone groups is 1. The van der Waals surface area contributed by atoms with Crippen molar-refractivity contribution in [2.45, 2.75) is 13.8 Å². The van der Waals surface area contributed by atoms with Crippen LogP contribution in [0, 0.1) is 5.82 Å². The molecule has 0 radical (unpaired) electrons. The molecule has 7 nitrogen and oxygen atoms in total. The Balaban J connectivity index is 1.52. The second-order valence-electron chi connectivity index (χ2n) is 7.80. The van der Waals surface area contributed by atoms with Crippen LogP contribution in [0.15, 0.2) is 81.9 Å². The zero-order chi connectivity index (χ0) is 25.7. The van der Waals surface area contributed by atoms with Crippen molar-refractivity contribution in [3.8, 4) is 11.5 Å². The van der Waals surface area contributed by atoms with Crippen LogP contribution in [-0.2, 0) is 9.59 Å². The summed E-state index contributed by atoms with van der Waals surface area (Å²) in [6.45, 7) is 3.69. The van der Waals surface area contributed by atoms with Gasteiger partial charge >= 0.3 is 0 Å². The molecule has 0 saturated heterocycles. The summed E-state index contributed by atoms with van der Waals surface area (Å²) in [6, 6.07) is 18.2. The number of carbonyl (C=O) groups excluding carboxylic acids is 2. The van der Waals surface area contributed by atoms with Crippen LogP contribution in [0.4, 0.5) is 15.8 Å². The molecule has 184 valence electrons. The monoisotopic (exact) mass is 551 g/mol. The molecule has 2 amide bonds. The number of anilines is 2. The number of nitrogens with one attached hydrogen (secondary N) is 1. The molecule has 0 unspecified atom stereocenters. The maximum Gasteiger partial charge on any atom is 0.280 e. The molecule has 0 saturated carbocycles. The Morgan fingerprint density at radius 1 is 1.11 bits per heavy atom. The summed E-state index contributed by atoms with van der Waals surface area (Å²) in [4.78, 5) is 25.4. The van der Waals surface area contributed by atoms with Crippen LogP contribution in [0.5, 0.6) is 11.5 Å². The number of nitrogens with zero attached hydrogens (tertiary/aromatic N) is 2. The highest BCUT2D eigenvalue weighted by Crippen LogP contribution is 2.38. The first kappa shape index (κ1) is 25.1. The minimum Gasteiger partial charge on any atom is -0.490 e. The van der Waals surface area contributed by atoms with Gasteiger partial charge in [-0.15, -0.1) is 0 Å². The highest BCUT2D eigenvalue weighted by atomic mass is 79.9. The summed E-state index contributed by atoms with van der Waals surface area (Å²) in [7, 11) is 0. The van der Waals surface area contributed by atoms with Gasteiger partial charge in [0.1, 0.15) is 5.82 Å². The van der Waals surface area contributed by atoms with Crippen LogP contribution in [-0.4, -0.2) is 30.7 Å². The average molecular weight is 552 g/mol. The van der Waals surface area contributed by atoms with E-state index in [-0.39, 0.29) is 12.5 Å². The van der Waals surface area contributed by atoms with Crippen molar-refractivity contribution < 1.29 is 23.5 Å². The first-order chi connectivity index (χ1) is 17.4. The maximum atomic E-state index is 13.1. The van der Waals surface area contributed by atoms with E-state index in [4.69, 9.17) is 9.47 Å². The van der Waals surface area contributed by atoms with Gasteiger partial charge < -0.3 is 14.8 Å². The lowest BCUT2D eigenvalue weighted by Gasteiger charge is -2.15. The van der Waals surface area contributed by atoms with Crippen LogP contribution in [0.25, 0.3) is 6.08 Å². The third kappa shape index (κ3) is 5.80. The largest absolute Gasteiger partial charge is 0.490 e. The van der Waals surface area contributed by atoms with Gasteiger partial charge in [-0.25, -0.2) is 4.39 Å². The molecule has 1 heterocycles. The Morgan fingerprint density at radius 2 is 1.83 bits per heavy atom. The Morgan fingerprint density at radius 3 is 2.53 bits per heavy atom. The van der Waals surface area contributed by atoms with Crippen molar-refractivity contribution in [3.05, 3.63) is 88.2 Å². The number of ether oxygens (including phenoxy) is 2. The molecule has 0 aromatic heterocycles. The maximum absolute atomic E-state index is 13.1. The highest BCUT2D eigenvalue weighted by molar-refractivity contribution is 9.10. The van der Waals surface area contributed by atoms with Crippen molar-refractivity contribution in [1.82, 2.24) is 0 Å². The van der Waals surface area contributed by atoms with Crippen molar-refractivity contribution in [3.63, 3.8) is 0 Å². The fraction of sp³-hybridized carbons (Fsp3) is 0.148. The second kappa shape index (κ2) is 11.2. The molecule has 1 aliphatic heterocycles. The normalized spacial score (nSPS) is 14.1. The van der Waals surface area contributed by atoms with Gasteiger partial charge in [0.05, 0.1) is 28.1 Å². The van der Waals surface area contributed by atoms with Crippen LogP contribution in [0.3, 0.4) is 0 Å². The Bertz CT molecular complexity index is 1340. The van der Waals surface area contributed by atoms with Crippen molar-refractivity contribution >= 4 is 50.9 Å². The van der Waals surface area contributed by atoms with E-state index < -0.39 is 11.7 Å². The molecule has 4 rings (SSSR count). The zero-order valence-electron chi connectivity index (χ0n) is 19.6. The summed E-state index contributed by atoms with van der Waals surface area (Å²) in [5.74, 6) is -0.272. The van der Waals surface area contributed by atoms with E-state index in [2.05, 4.69) is 26.3 Å². The van der Waals surface area contributed by atoms with Gasteiger partial charge in [-0.1, -0.05) is 18.2 Å². The lowest BCUT2D eigenvalue weighted by Crippen LogP contribution is -2.21. The molecule has 3 aromatic carbocycles. The van der Waals surface area contributed by atoms with E-state index in [1.54, 1.807) is 25.1 Å². The van der Waals surface area contributed by atoms with Gasteiger partial charge in [-0.05, 0) is 89.9 Å². The Kier molecular flexibility index (Phi) is 7.80. The molecular weight excluding hydrogens is 529 g/mol. The standard InChI is InChI=1S/C27H23BrFN3O4/c1-3-35-24-15-18(13-22-17(2)31-32(27(22)34)21-7-5-4-6-8-21)14-23(28)26(24)36-16-25(33)30-20-11-9-19(29)10-12-20/h4-15H,3,16H2,1-2H3,(H,30,33)/b22-13+. The lowest BCUT2D eigenvalue weighted by molar-refractivity contribution is -0.118. The smallest absolute Gasteiger partial charge is 0.280 e. The molecule has 0 bridgehead atoms. The number of amides is 2. The van der Waals surface area contributed by atoms with Gasteiger partial charge in [0.25, 0.3) is 11.8 Å². The first-order valence-corrected chi connectivity index (χ1v) is 12.0. The topological polar surface area (TPSA) is 80.2 Å². The molecule has 1 aliphatic rings. The second-order valence-corrected chi connectivity index (χ2v) is 8.66. The number of para-hydroxylation sites is 1. The van der Waals surface area contributed by atoms with Crippen molar-refractivity contribution in [1.29, 1.82) is 0 Å². The lowest BCUT2D eigenvalue weighted by atomic mass is 10.1. The minimum atomic E-state index is -0.411. The summed E-state index contributed by atoms with van der Waals surface area (Å²) in [5.41, 5.74) is 2.89. The molecule has 0 aliphatic carbocycles. The van der Waals surface area contributed by atoms with E-state index in [0.29, 0.717) is 50.8 Å². The summed E-state index contributed by atoms with van der Waals surface area (Å²) in [6.07, 6.45) is 1.74. The SMILES string of the molecule is CCOc1cc(/C=C2/C(=O)N(c3ccccc3)N=C2C)cc(Br)c1OCC(=O)Nc1ccc(F)cc1. The average Bonchev–Trinajstić information content (AvgIpc) is 3.14. The Hall–Kier alpha value is -3.98. The van der Waals surface area contributed by atoms with Crippen LogP contribution < -0.4 is 19.8 Å². The molecule has 1 N–H and O–H groups in total. The molecule has 9 heteroatoms. The first-order valence-electron chi connectivity index (χ1n) is 11.2. The molecule has 3 aromatic rings. The number of hydrogen-bond donors (Lipinski definition) is 1. The summed E-state index contributed by atoms with van der Waals surface area (Å²) < 4.78 is 25.1. The number of rotatable bonds is 8. The van der Waals surface area contributed by atoms with E-state index >= 15 is 0 Å². The fourth-order valence-electron chi connectivity index (χ4n) is 3.54. The molecule has 0 spiro atoms. The third-order valence-electron chi connectivity index (χ3n) is 5.18. The van der Waals surface area contributed by atoms with E-state index in [9.17, 15) is 14.0 Å². The van der Waals surface area contributed by atoms with Crippen LogP contribution in [0.1, 0.15) is 19.4 Å². The molecule has 0 fully saturated rings. The van der Waals surface area contributed by atoms with Gasteiger partial charge in [0, 0.05) is 5.69 Å². The van der Waals surface area contributed by atoms with Crippen molar-refractivity contribution in [2.24, 2.45) is 5.10 Å². The summed E-state index contributed by atoms with van der Waals surface area (Å²) in [5, 5.41) is 8.42. The third-order valence-corrected chi connectivity index (χ3v) is 5.77. The number of carbonyl (C=O) groups is 2. The van der Waals surface area contributed by atoms with Gasteiger partial charge in [0.15, 0.2) is 18.1 Å². The van der Waals surface area contributed by atoms with Gasteiger partial charge in [0.2, 0.25) is 0 Å². The van der Waals surface area contributed by atoms with E-state index in [1.807, 2.05) is 37.3 Å². The molecule has 36 heavy (non-hydrogen) atoms. The predicted octanol–water partition coefficient (Wildman–Crippen LogP) is 5.81. The van der Waals surface area contributed by atoms with Gasteiger partial charge in [-0.2, -0.15) is 10.1 Å². The zero-order valence-corrected chi connectivity index (χ0v) is 21.2. The molecule has 0 atom stereocenters. The quantitative estimate of drug-likeness (QED) is 0.358. The van der Waals surface area contributed by atoms with Gasteiger partial charge in [-0.3, -0.25) is 9.59 Å². The van der Waals surface area contributed by atoms with Crippen LogP contribution >= 0.6 is 15.9 Å². The van der Waals surface area contributed by atoms with E-state index in [0.717, 1.165) is 0 Å². The van der Waals surface area contributed by atoms with Crippen LogP contribution in [0.2, 0.25) is 0 Å². The van der Waals surface area contributed by atoms with Crippen molar-refractivity contribution in [2.75, 3.05) is 23.5 Å². The Labute approximate surface area is 216 Å². The minimum absolute atomic E-state index is 0.231. The number of benzene rings is 3. The molecular formula is C27H23BrFN3O4. The highest BCUT2D eigenvalue weighted by Gasteiger charge is 2.28. The predicted molar refractivity (Wildman–Crippen MR) is 141 cm³/mol. The number of halogens is 2. The summed E-state index contributed by atoms with van der Waals surface area (Å²) >= 11 is 3.49.